The highest BCUT2D eigenvalue weighted by atomic mass is 79.9. The Labute approximate surface area is 147 Å². The van der Waals surface area contributed by atoms with Gasteiger partial charge in [-0.2, -0.15) is 0 Å². The monoisotopic (exact) mass is 390 g/mol. The van der Waals surface area contributed by atoms with Gasteiger partial charge < -0.3 is 26.8 Å². The maximum absolute atomic E-state index is 12.3. The van der Waals surface area contributed by atoms with Gasteiger partial charge in [-0.25, -0.2) is 4.79 Å². The molecule has 0 bridgehead atoms. The van der Waals surface area contributed by atoms with Gasteiger partial charge in [0.15, 0.2) is 6.54 Å². The number of anilines is 1. The number of carbonyl (C=O) groups excluding carboxylic acids is 1. The standard InChI is InChI=1S/C15H26N4O3.BrH/c1-7-8-9-18-11(2)13(14(21)17(3)15(18)22)16-12(20)10-19(4,5)6;/h7-10H2,1-6H3;1H. The highest BCUT2D eigenvalue weighted by Crippen LogP contribution is 2.08. The van der Waals surface area contributed by atoms with E-state index in [-0.39, 0.29) is 40.8 Å². The molecule has 1 N–H and O–H groups in total. The summed E-state index contributed by atoms with van der Waals surface area (Å²) in [7, 11) is 7.12. The Hall–Kier alpha value is -1.41. The number of aromatic nitrogens is 2. The zero-order valence-electron chi connectivity index (χ0n) is 14.8. The van der Waals surface area contributed by atoms with Crippen molar-refractivity contribution in [3.05, 3.63) is 26.5 Å². The highest BCUT2D eigenvalue weighted by molar-refractivity contribution is 5.91. The topological polar surface area (TPSA) is 73.1 Å². The predicted molar refractivity (Wildman–Crippen MR) is 87.1 cm³/mol. The van der Waals surface area contributed by atoms with E-state index in [1.54, 1.807) is 11.5 Å². The molecule has 1 aromatic rings. The van der Waals surface area contributed by atoms with Crippen LogP contribution in [0.2, 0.25) is 0 Å². The summed E-state index contributed by atoms with van der Waals surface area (Å²) in [6.45, 7) is 4.51. The molecule has 0 radical (unpaired) electrons. The zero-order chi connectivity index (χ0) is 17.1. The number of rotatable bonds is 6. The van der Waals surface area contributed by atoms with E-state index in [4.69, 9.17) is 0 Å². The molecule has 0 atom stereocenters. The van der Waals surface area contributed by atoms with Gasteiger partial charge in [-0.15, -0.1) is 0 Å². The number of unbranched alkanes of at least 4 members (excludes halogenated alkanes) is 1. The lowest BCUT2D eigenvalue weighted by Crippen LogP contribution is -3.00. The summed E-state index contributed by atoms with van der Waals surface area (Å²) in [5.41, 5.74) is -0.112. The number of halogens is 1. The lowest BCUT2D eigenvalue weighted by Gasteiger charge is -2.23. The minimum atomic E-state index is -0.468. The summed E-state index contributed by atoms with van der Waals surface area (Å²) in [4.78, 5) is 36.6. The van der Waals surface area contributed by atoms with E-state index in [0.29, 0.717) is 16.7 Å². The van der Waals surface area contributed by atoms with Crippen LogP contribution in [0.5, 0.6) is 0 Å². The molecule has 1 aromatic heterocycles. The molecule has 1 heterocycles. The van der Waals surface area contributed by atoms with Crippen LogP contribution in [0.15, 0.2) is 9.59 Å². The molecular weight excluding hydrogens is 364 g/mol. The van der Waals surface area contributed by atoms with Crippen molar-refractivity contribution in [3.8, 4) is 0 Å². The lowest BCUT2D eigenvalue weighted by molar-refractivity contribution is -0.861. The average Bonchev–Trinajstić information content (AvgIpc) is 2.39. The quantitative estimate of drug-likeness (QED) is 0.537. The summed E-state index contributed by atoms with van der Waals surface area (Å²) in [6, 6.07) is 0. The number of carbonyl (C=O) groups is 1. The number of nitrogens with one attached hydrogen (secondary N) is 1. The van der Waals surface area contributed by atoms with Crippen LogP contribution in [0.3, 0.4) is 0 Å². The van der Waals surface area contributed by atoms with Crippen molar-refractivity contribution in [1.82, 2.24) is 9.13 Å². The van der Waals surface area contributed by atoms with Gasteiger partial charge in [0.2, 0.25) is 0 Å². The molecule has 1 rings (SSSR count). The summed E-state index contributed by atoms with van der Waals surface area (Å²) >= 11 is 0. The number of likely N-dealkylation sites (N-methyl/N-ethyl adjacent to an activating group) is 1. The Kier molecular flexibility index (Phi) is 7.93. The number of amides is 1. The van der Waals surface area contributed by atoms with Crippen molar-refractivity contribution in [2.24, 2.45) is 7.05 Å². The van der Waals surface area contributed by atoms with E-state index in [0.717, 1.165) is 17.4 Å². The summed E-state index contributed by atoms with van der Waals surface area (Å²) in [5, 5.41) is 2.67. The third kappa shape index (κ3) is 5.62. The van der Waals surface area contributed by atoms with Crippen LogP contribution in [0.25, 0.3) is 0 Å². The van der Waals surface area contributed by atoms with Gasteiger partial charge in [0, 0.05) is 19.3 Å². The van der Waals surface area contributed by atoms with Gasteiger partial charge in [0.1, 0.15) is 5.69 Å². The number of quaternary nitrogens is 1. The second-order valence-corrected chi connectivity index (χ2v) is 6.61. The minimum absolute atomic E-state index is 0. The molecule has 0 aromatic carbocycles. The van der Waals surface area contributed by atoms with Crippen molar-refractivity contribution < 1.29 is 26.3 Å². The highest BCUT2D eigenvalue weighted by Gasteiger charge is 2.19. The molecule has 0 unspecified atom stereocenters. The molecule has 0 aliphatic rings. The largest absolute Gasteiger partial charge is 1.00 e. The maximum Gasteiger partial charge on any atom is 0.331 e. The van der Waals surface area contributed by atoms with Gasteiger partial charge in [-0.3, -0.25) is 18.7 Å². The first-order valence-electron chi connectivity index (χ1n) is 7.49. The van der Waals surface area contributed by atoms with Crippen LogP contribution in [-0.2, 0) is 18.4 Å². The number of hydrogen-bond donors (Lipinski definition) is 1. The molecule has 1 amide bonds. The van der Waals surface area contributed by atoms with Crippen LogP contribution in [-0.4, -0.2) is 47.2 Å². The molecule has 8 heteroatoms. The smallest absolute Gasteiger partial charge is 0.331 e. The molecule has 23 heavy (non-hydrogen) atoms. The Bertz CT molecular complexity index is 671. The van der Waals surface area contributed by atoms with Gasteiger partial charge >= 0.3 is 5.69 Å². The van der Waals surface area contributed by atoms with E-state index in [1.807, 2.05) is 28.1 Å². The van der Waals surface area contributed by atoms with Crippen LogP contribution in [0, 0.1) is 6.92 Å². The third-order valence-corrected chi connectivity index (χ3v) is 3.42. The Morgan fingerprint density at radius 1 is 1.22 bits per heavy atom. The molecular formula is C15H27BrN4O3. The van der Waals surface area contributed by atoms with Crippen LogP contribution < -0.4 is 33.5 Å². The van der Waals surface area contributed by atoms with E-state index in [9.17, 15) is 14.4 Å². The first-order chi connectivity index (χ1) is 10.1. The summed E-state index contributed by atoms with van der Waals surface area (Å²) in [6.07, 6.45) is 1.78. The van der Waals surface area contributed by atoms with Crippen LogP contribution >= 0.6 is 0 Å². The normalized spacial score (nSPS) is 11.0. The molecule has 0 saturated heterocycles. The predicted octanol–water partition coefficient (Wildman–Crippen LogP) is -2.70. The fourth-order valence-electron chi connectivity index (χ4n) is 2.20. The minimum Gasteiger partial charge on any atom is -1.00 e. The molecule has 0 fully saturated rings. The Morgan fingerprint density at radius 3 is 2.26 bits per heavy atom. The number of nitrogens with zero attached hydrogens (tertiary/aromatic N) is 3. The Balaban J connectivity index is 0.00000484. The van der Waals surface area contributed by atoms with Gasteiger partial charge in [-0.1, -0.05) is 13.3 Å². The second kappa shape index (κ2) is 8.44. The lowest BCUT2D eigenvalue weighted by atomic mass is 10.3. The van der Waals surface area contributed by atoms with Crippen molar-refractivity contribution >= 4 is 11.6 Å². The fourth-order valence-corrected chi connectivity index (χ4v) is 2.20. The molecule has 0 spiro atoms. The average molecular weight is 391 g/mol. The van der Waals surface area contributed by atoms with Crippen molar-refractivity contribution in [3.63, 3.8) is 0 Å². The molecule has 7 nitrogen and oxygen atoms in total. The maximum atomic E-state index is 12.3. The van der Waals surface area contributed by atoms with E-state index >= 15 is 0 Å². The zero-order valence-corrected chi connectivity index (χ0v) is 16.4. The van der Waals surface area contributed by atoms with E-state index in [1.165, 1.54) is 7.05 Å². The van der Waals surface area contributed by atoms with Crippen LogP contribution in [0.4, 0.5) is 5.69 Å². The molecule has 0 saturated carbocycles. The molecule has 0 aliphatic carbocycles. The summed E-state index contributed by atoms with van der Waals surface area (Å²) < 4.78 is 3.05. The Morgan fingerprint density at radius 2 is 1.78 bits per heavy atom. The SMILES string of the molecule is CCCCn1c(C)c(NC(=O)C[N+](C)(C)C)c(=O)n(C)c1=O.[Br-]. The van der Waals surface area contributed by atoms with Gasteiger partial charge in [0.25, 0.3) is 11.5 Å². The fraction of sp³-hybridized carbons (Fsp3) is 0.667. The molecule has 0 aliphatic heterocycles. The first-order valence-corrected chi connectivity index (χ1v) is 7.49. The van der Waals surface area contributed by atoms with Crippen molar-refractivity contribution in [2.75, 3.05) is 33.0 Å². The third-order valence-electron chi connectivity index (χ3n) is 3.42. The number of hydrogen-bond acceptors (Lipinski definition) is 3. The summed E-state index contributed by atoms with van der Waals surface area (Å²) in [5.74, 6) is -0.242. The van der Waals surface area contributed by atoms with Gasteiger partial charge in [0.05, 0.1) is 21.1 Å². The van der Waals surface area contributed by atoms with Gasteiger partial charge in [-0.05, 0) is 13.3 Å². The van der Waals surface area contributed by atoms with E-state index < -0.39 is 5.56 Å². The molecule has 132 valence electrons. The first kappa shape index (κ1) is 21.6. The van der Waals surface area contributed by atoms with Crippen LogP contribution in [0.1, 0.15) is 25.5 Å². The van der Waals surface area contributed by atoms with Crippen molar-refractivity contribution in [1.29, 1.82) is 0 Å². The van der Waals surface area contributed by atoms with Crippen molar-refractivity contribution in [2.45, 2.75) is 33.2 Å². The van der Waals surface area contributed by atoms with E-state index in [2.05, 4.69) is 5.32 Å². The second-order valence-electron chi connectivity index (χ2n) is 6.61.